The Bertz CT molecular complexity index is 367. The lowest BCUT2D eigenvalue weighted by molar-refractivity contribution is 0.149. The summed E-state index contributed by atoms with van der Waals surface area (Å²) in [6, 6.07) is -0.277. The van der Waals surface area contributed by atoms with Crippen molar-refractivity contribution in [1.29, 1.82) is 0 Å². The van der Waals surface area contributed by atoms with Crippen molar-refractivity contribution in [2.75, 3.05) is 26.7 Å². The van der Waals surface area contributed by atoms with Gasteiger partial charge in [0, 0.05) is 26.2 Å². The summed E-state index contributed by atoms with van der Waals surface area (Å²) in [6.07, 6.45) is 2.56. The van der Waals surface area contributed by atoms with E-state index in [2.05, 4.69) is 6.58 Å². The molecule has 1 aliphatic heterocycles. The molecular weight excluding hydrogens is 240 g/mol. The highest BCUT2D eigenvalue weighted by atomic mass is 32.2. The Morgan fingerprint density at radius 3 is 2.71 bits per heavy atom. The van der Waals surface area contributed by atoms with Crippen LogP contribution in [0.25, 0.3) is 0 Å². The summed E-state index contributed by atoms with van der Waals surface area (Å²) < 4.78 is 27.3. The molecule has 17 heavy (non-hydrogen) atoms. The Kier molecular flexibility index (Phi) is 5.12. The summed E-state index contributed by atoms with van der Waals surface area (Å²) in [4.78, 5) is 0. The molecule has 0 aromatic heterocycles. The lowest BCUT2D eigenvalue weighted by atomic mass is 10.1. The highest BCUT2D eigenvalue weighted by Crippen LogP contribution is 2.22. The molecule has 1 aliphatic rings. The summed E-state index contributed by atoms with van der Waals surface area (Å²) in [5, 5.41) is 9.25. The minimum Gasteiger partial charge on any atom is -0.395 e. The van der Waals surface area contributed by atoms with Crippen molar-refractivity contribution in [3.8, 4) is 0 Å². The van der Waals surface area contributed by atoms with Crippen LogP contribution >= 0.6 is 0 Å². The van der Waals surface area contributed by atoms with Crippen LogP contribution in [0.1, 0.15) is 26.2 Å². The van der Waals surface area contributed by atoms with Crippen LogP contribution < -0.4 is 0 Å². The van der Waals surface area contributed by atoms with E-state index in [-0.39, 0.29) is 12.6 Å². The van der Waals surface area contributed by atoms with Crippen molar-refractivity contribution < 1.29 is 13.5 Å². The van der Waals surface area contributed by atoms with E-state index in [4.69, 9.17) is 0 Å². The number of hydrogen-bond acceptors (Lipinski definition) is 3. The van der Waals surface area contributed by atoms with E-state index in [1.54, 1.807) is 14.0 Å². The van der Waals surface area contributed by atoms with Crippen LogP contribution in [0, 0.1) is 0 Å². The summed E-state index contributed by atoms with van der Waals surface area (Å²) in [5.41, 5.74) is 0.800. The van der Waals surface area contributed by atoms with E-state index in [0.717, 1.165) is 24.8 Å². The first-order valence-electron chi connectivity index (χ1n) is 5.88. The maximum Gasteiger partial charge on any atom is 0.282 e. The molecule has 1 rings (SSSR count). The molecule has 0 radical (unpaired) electrons. The van der Waals surface area contributed by atoms with Gasteiger partial charge in [0.25, 0.3) is 10.2 Å². The Hall–Kier alpha value is -0.430. The van der Waals surface area contributed by atoms with E-state index < -0.39 is 10.2 Å². The van der Waals surface area contributed by atoms with Gasteiger partial charge in [-0.15, -0.1) is 0 Å². The van der Waals surface area contributed by atoms with Crippen LogP contribution in [-0.4, -0.2) is 54.9 Å². The number of aliphatic hydroxyl groups is 1. The molecule has 1 atom stereocenters. The minimum absolute atomic E-state index is 0.111. The number of nitrogens with zero attached hydrogens (tertiary/aromatic N) is 2. The largest absolute Gasteiger partial charge is 0.395 e. The fraction of sp³-hybridized carbons (Fsp3) is 0.818. The van der Waals surface area contributed by atoms with Crippen molar-refractivity contribution in [3.63, 3.8) is 0 Å². The van der Waals surface area contributed by atoms with Gasteiger partial charge in [-0.3, -0.25) is 0 Å². The van der Waals surface area contributed by atoms with Crippen LogP contribution in [0.15, 0.2) is 12.2 Å². The minimum atomic E-state index is -3.47. The zero-order chi connectivity index (χ0) is 13.1. The molecule has 1 heterocycles. The summed E-state index contributed by atoms with van der Waals surface area (Å²) in [5.74, 6) is 0. The number of rotatable bonds is 5. The quantitative estimate of drug-likeness (QED) is 0.738. The Balaban J connectivity index is 2.83. The third kappa shape index (κ3) is 3.51. The van der Waals surface area contributed by atoms with E-state index in [1.807, 2.05) is 0 Å². The van der Waals surface area contributed by atoms with Gasteiger partial charge in [0.15, 0.2) is 0 Å². The SMILES string of the molecule is C=C(C)CN(C)S(=O)(=O)N1CCCCC1CO. The van der Waals surface area contributed by atoms with Crippen molar-refractivity contribution >= 4 is 10.2 Å². The Morgan fingerprint density at radius 1 is 1.53 bits per heavy atom. The van der Waals surface area contributed by atoms with E-state index in [9.17, 15) is 13.5 Å². The third-order valence-corrected chi connectivity index (χ3v) is 4.96. The van der Waals surface area contributed by atoms with Gasteiger partial charge in [0.05, 0.1) is 6.61 Å². The van der Waals surface area contributed by atoms with Crippen LogP contribution in [0.3, 0.4) is 0 Å². The monoisotopic (exact) mass is 262 g/mol. The second kappa shape index (κ2) is 5.95. The average Bonchev–Trinajstić information content (AvgIpc) is 2.28. The molecule has 5 nitrogen and oxygen atoms in total. The fourth-order valence-electron chi connectivity index (χ4n) is 2.10. The smallest absolute Gasteiger partial charge is 0.282 e. The predicted octanol–water partition coefficient (Wildman–Crippen LogP) is 0.586. The summed E-state index contributed by atoms with van der Waals surface area (Å²) in [7, 11) is -1.92. The molecule has 1 unspecified atom stereocenters. The topological polar surface area (TPSA) is 60.9 Å². The molecule has 1 N–H and O–H groups in total. The fourth-order valence-corrected chi connectivity index (χ4v) is 3.75. The second-order valence-corrected chi connectivity index (χ2v) is 6.65. The molecule has 0 amide bonds. The maximum absolute atomic E-state index is 12.3. The number of likely N-dealkylation sites (N-methyl/N-ethyl adjacent to an activating group) is 1. The highest BCUT2D eigenvalue weighted by molar-refractivity contribution is 7.86. The average molecular weight is 262 g/mol. The standard InChI is InChI=1S/C11H22N2O3S/c1-10(2)8-12(3)17(15,16)13-7-5-4-6-11(13)9-14/h11,14H,1,4-9H2,2-3H3. The van der Waals surface area contributed by atoms with Gasteiger partial charge in [-0.05, 0) is 19.8 Å². The molecule has 0 bridgehead atoms. The molecule has 0 aliphatic carbocycles. The van der Waals surface area contributed by atoms with Crippen molar-refractivity contribution in [1.82, 2.24) is 8.61 Å². The van der Waals surface area contributed by atoms with Crippen LogP contribution in [-0.2, 0) is 10.2 Å². The van der Waals surface area contributed by atoms with Crippen molar-refractivity contribution in [2.45, 2.75) is 32.2 Å². The first-order valence-corrected chi connectivity index (χ1v) is 7.27. The molecular formula is C11H22N2O3S. The summed E-state index contributed by atoms with van der Waals surface area (Å²) in [6.45, 7) is 6.22. The molecule has 0 aromatic carbocycles. The molecule has 1 saturated heterocycles. The molecule has 0 aromatic rings. The Morgan fingerprint density at radius 2 is 2.18 bits per heavy atom. The van der Waals surface area contributed by atoms with Crippen molar-refractivity contribution in [3.05, 3.63) is 12.2 Å². The van der Waals surface area contributed by atoms with Crippen LogP contribution in [0.4, 0.5) is 0 Å². The van der Waals surface area contributed by atoms with E-state index in [1.165, 1.54) is 8.61 Å². The van der Waals surface area contributed by atoms with Gasteiger partial charge in [0.2, 0.25) is 0 Å². The van der Waals surface area contributed by atoms with Gasteiger partial charge in [-0.25, -0.2) is 0 Å². The van der Waals surface area contributed by atoms with Crippen LogP contribution in [0.5, 0.6) is 0 Å². The zero-order valence-corrected chi connectivity index (χ0v) is 11.4. The molecule has 100 valence electrons. The van der Waals surface area contributed by atoms with Crippen molar-refractivity contribution in [2.24, 2.45) is 0 Å². The number of aliphatic hydroxyl groups excluding tert-OH is 1. The number of piperidine rings is 1. The first-order chi connectivity index (χ1) is 7.89. The first kappa shape index (κ1) is 14.6. The second-order valence-electron chi connectivity index (χ2n) is 4.66. The third-order valence-electron chi connectivity index (χ3n) is 2.97. The predicted molar refractivity (Wildman–Crippen MR) is 67.8 cm³/mol. The lowest BCUT2D eigenvalue weighted by Gasteiger charge is -2.36. The highest BCUT2D eigenvalue weighted by Gasteiger charge is 2.34. The maximum atomic E-state index is 12.3. The van der Waals surface area contributed by atoms with Gasteiger partial charge < -0.3 is 5.11 Å². The molecule has 0 saturated carbocycles. The molecule has 1 fully saturated rings. The lowest BCUT2D eigenvalue weighted by Crippen LogP contribution is -2.51. The van der Waals surface area contributed by atoms with Crippen LogP contribution in [0.2, 0.25) is 0 Å². The zero-order valence-electron chi connectivity index (χ0n) is 10.6. The normalized spacial score (nSPS) is 22.9. The number of hydrogen-bond donors (Lipinski definition) is 1. The van der Waals surface area contributed by atoms with Gasteiger partial charge in [-0.1, -0.05) is 18.6 Å². The molecule has 0 spiro atoms. The Labute approximate surface area is 104 Å². The van der Waals surface area contributed by atoms with E-state index in [0.29, 0.717) is 13.1 Å². The van der Waals surface area contributed by atoms with E-state index >= 15 is 0 Å². The van der Waals surface area contributed by atoms with Gasteiger partial charge in [0.1, 0.15) is 0 Å². The van der Waals surface area contributed by atoms with Gasteiger partial charge >= 0.3 is 0 Å². The summed E-state index contributed by atoms with van der Waals surface area (Å²) >= 11 is 0. The van der Waals surface area contributed by atoms with Gasteiger partial charge in [-0.2, -0.15) is 17.0 Å². The molecule has 6 heteroatoms.